The van der Waals surface area contributed by atoms with Gasteiger partial charge in [-0.05, 0) is 31.2 Å². The van der Waals surface area contributed by atoms with Gasteiger partial charge in [-0.15, -0.1) is 0 Å². The maximum atomic E-state index is 12.7. The zero-order valence-electron chi connectivity index (χ0n) is 11.1. The topological polar surface area (TPSA) is 49.3 Å². The molecule has 2 N–H and O–H groups in total. The van der Waals surface area contributed by atoms with E-state index in [2.05, 4.69) is 17.4 Å². The van der Waals surface area contributed by atoms with E-state index in [0.717, 1.165) is 31.2 Å². The number of aliphatic hydroxyl groups is 1. The van der Waals surface area contributed by atoms with Crippen molar-refractivity contribution >= 4 is 5.91 Å². The molecule has 1 aromatic carbocycles. The van der Waals surface area contributed by atoms with Gasteiger partial charge in [0.25, 0.3) is 0 Å². The van der Waals surface area contributed by atoms with E-state index in [4.69, 9.17) is 0 Å². The molecule has 19 heavy (non-hydrogen) atoms. The quantitative estimate of drug-likeness (QED) is 0.873. The molecule has 2 saturated carbocycles. The SMILES string of the molecule is O=C(NC1CC(O)C1)C1(c2ccccc2)CCCC1. The number of nitrogens with one attached hydrogen (secondary N) is 1. The van der Waals surface area contributed by atoms with E-state index in [1.54, 1.807) is 0 Å². The first-order chi connectivity index (χ1) is 9.21. The Morgan fingerprint density at radius 1 is 1.16 bits per heavy atom. The van der Waals surface area contributed by atoms with Crippen molar-refractivity contribution in [2.45, 2.75) is 56.1 Å². The van der Waals surface area contributed by atoms with E-state index in [-0.39, 0.29) is 23.5 Å². The van der Waals surface area contributed by atoms with E-state index in [1.165, 1.54) is 0 Å². The summed E-state index contributed by atoms with van der Waals surface area (Å²) < 4.78 is 0. The Bertz CT molecular complexity index is 445. The highest BCUT2D eigenvalue weighted by molar-refractivity contribution is 5.88. The molecule has 2 aliphatic rings. The van der Waals surface area contributed by atoms with Crippen molar-refractivity contribution in [1.29, 1.82) is 0 Å². The monoisotopic (exact) mass is 259 g/mol. The number of amides is 1. The van der Waals surface area contributed by atoms with Crippen LogP contribution in [0.15, 0.2) is 30.3 Å². The molecule has 0 aliphatic heterocycles. The number of aliphatic hydroxyl groups excluding tert-OH is 1. The summed E-state index contributed by atoms with van der Waals surface area (Å²) in [5.41, 5.74) is 0.812. The molecular formula is C16H21NO2. The van der Waals surface area contributed by atoms with Gasteiger partial charge in [0.15, 0.2) is 0 Å². The van der Waals surface area contributed by atoms with Gasteiger partial charge in [-0.25, -0.2) is 0 Å². The second-order valence-corrected chi connectivity index (χ2v) is 5.95. The maximum Gasteiger partial charge on any atom is 0.230 e. The van der Waals surface area contributed by atoms with Crippen LogP contribution in [0.25, 0.3) is 0 Å². The Morgan fingerprint density at radius 2 is 1.79 bits per heavy atom. The molecule has 2 fully saturated rings. The number of rotatable bonds is 3. The number of carbonyl (C=O) groups excluding carboxylic acids is 1. The van der Waals surface area contributed by atoms with Crippen LogP contribution in [0.4, 0.5) is 0 Å². The first-order valence-corrected chi connectivity index (χ1v) is 7.25. The molecule has 0 saturated heterocycles. The lowest BCUT2D eigenvalue weighted by Gasteiger charge is -2.36. The normalized spacial score (nSPS) is 28.7. The van der Waals surface area contributed by atoms with Crippen molar-refractivity contribution in [3.63, 3.8) is 0 Å². The third kappa shape index (κ3) is 2.27. The molecule has 3 nitrogen and oxygen atoms in total. The Labute approximate surface area is 114 Å². The second-order valence-electron chi connectivity index (χ2n) is 5.95. The summed E-state index contributed by atoms with van der Waals surface area (Å²) >= 11 is 0. The van der Waals surface area contributed by atoms with E-state index in [0.29, 0.717) is 12.8 Å². The maximum absolute atomic E-state index is 12.7. The van der Waals surface area contributed by atoms with Crippen LogP contribution in [0.3, 0.4) is 0 Å². The van der Waals surface area contributed by atoms with Crippen LogP contribution in [0.2, 0.25) is 0 Å². The van der Waals surface area contributed by atoms with Crippen LogP contribution < -0.4 is 5.32 Å². The molecule has 102 valence electrons. The predicted octanol–water partition coefficient (Wildman–Crippen LogP) is 2.14. The largest absolute Gasteiger partial charge is 0.393 e. The molecule has 0 atom stereocenters. The number of carbonyl (C=O) groups is 1. The van der Waals surface area contributed by atoms with E-state index in [9.17, 15) is 9.90 Å². The average Bonchev–Trinajstić information content (AvgIpc) is 2.88. The third-order valence-corrected chi connectivity index (χ3v) is 4.67. The minimum Gasteiger partial charge on any atom is -0.393 e. The van der Waals surface area contributed by atoms with Crippen LogP contribution in [0.5, 0.6) is 0 Å². The summed E-state index contributed by atoms with van der Waals surface area (Å²) in [6, 6.07) is 10.3. The molecular weight excluding hydrogens is 238 g/mol. The van der Waals surface area contributed by atoms with Gasteiger partial charge in [-0.2, -0.15) is 0 Å². The molecule has 1 amide bonds. The average molecular weight is 259 g/mol. The zero-order valence-corrected chi connectivity index (χ0v) is 11.1. The van der Waals surface area contributed by atoms with Crippen LogP contribution in [-0.4, -0.2) is 23.2 Å². The first kappa shape index (κ1) is 12.7. The lowest BCUT2D eigenvalue weighted by atomic mass is 9.77. The van der Waals surface area contributed by atoms with E-state index >= 15 is 0 Å². The van der Waals surface area contributed by atoms with Gasteiger partial charge in [0.2, 0.25) is 5.91 Å². The number of hydrogen-bond donors (Lipinski definition) is 2. The van der Waals surface area contributed by atoms with E-state index < -0.39 is 0 Å². The molecule has 0 heterocycles. The fourth-order valence-corrected chi connectivity index (χ4v) is 3.41. The van der Waals surface area contributed by atoms with Crippen LogP contribution in [0.1, 0.15) is 44.1 Å². The summed E-state index contributed by atoms with van der Waals surface area (Å²) in [5, 5.41) is 12.5. The van der Waals surface area contributed by atoms with Crippen molar-refractivity contribution in [2.75, 3.05) is 0 Å². The van der Waals surface area contributed by atoms with Gasteiger partial charge in [0.1, 0.15) is 0 Å². The van der Waals surface area contributed by atoms with Gasteiger partial charge < -0.3 is 10.4 Å². The Balaban J connectivity index is 1.78. The molecule has 2 aliphatic carbocycles. The molecule has 3 heteroatoms. The van der Waals surface area contributed by atoms with Crippen molar-refractivity contribution < 1.29 is 9.90 Å². The molecule has 0 radical (unpaired) electrons. The summed E-state index contributed by atoms with van der Waals surface area (Å²) in [6.45, 7) is 0. The Morgan fingerprint density at radius 3 is 2.37 bits per heavy atom. The van der Waals surface area contributed by atoms with Crippen molar-refractivity contribution in [3.05, 3.63) is 35.9 Å². The summed E-state index contributed by atoms with van der Waals surface area (Å²) in [5.74, 6) is 0.160. The lowest BCUT2D eigenvalue weighted by molar-refractivity contribution is -0.128. The van der Waals surface area contributed by atoms with E-state index in [1.807, 2.05) is 18.2 Å². The van der Waals surface area contributed by atoms with Crippen LogP contribution in [0, 0.1) is 0 Å². The van der Waals surface area contributed by atoms with Crippen molar-refractivity contribution in [1.82, 2.24) is 5.32 Å². The predicted molar refractivity (Wildman–Crippen MR) is 73.8 cm³/mol. The van der Waals surface area contributed by atoms with Crippen molar-refractivity contribution in [3.8, 4) is 0 Å². The minimum atomic E-state index is -0.332. The molecule has 0 spiro atoms. The highest BCUT2D eigenvalue weighted by Gasteiger charge is 2.44. The molecule has 1 aromatic rings. The van der Waals surface area contributed by atoms with Gasteiger partial charge in [0, 0.05) is 6.04 Å². The highest BCUT2D eigenvalue weighted by atomic mass is 16.3. The van der Waals surface area contributed by atoms with Crippen LogP contribution >= 0.6 is 0 Å². The Hall–Kier alpha value is -1.35. The summed E-state index contributed by atoms with van der Waals surface area (Å²) in [4.78, 5) is 12.7. The highest BCUT2D eigenvalue weighted by Crippen LogP contribution is 2.41. The second kappa shape index (κ2) is 4.97. The van der Waals surface area contributed by atoms with Crippen molar-refractivity contribution in [2.24, 2.45) is 0 Å². The minimum absolute atomic E-state index is 0.160. The molecule has 0 bridgehead atoms. The molecule has 3 rings (SSSR count). The Kier molecular flexibility index (Phi) is 3.31. The van der Waals surface area contributed by atoms with Gasteiger partial charge in [0.05, 0.1) is 11.5 Å². The third-order valence-electron chi connectivity index (χ3n) is 4.67. The lowest BCUT2D eigenvalue weighted by Crippen LogP contribution is -2.52. The molecule has 0 aromatic heterocycles. The number of hydrogen-bond acceptors (Lipinski definition) is 2. The summed E-state index contributed by atoms with van der Waals surface area (Å²) in [6.07, 6.45) is 5.32. The molecule has 0 unspecified atom stereocenters. The standard InChI is InChI=1S/C16H21NO2/c18-14-10-13(11-14)17-15(19)16(8-4-5-9-16)12-6-2-1-3-7-12/h1-3,6-7,13-14,18H,4-5,8-11H2,(H,17,19). The van der Waals surface area contributed by atoms with Gasteiger partial charge in [-0.3, -0.25) is 4.79 Å². The fourth-order valence-electron chi connectivity index (χ4n) is 3.41. The summed E-state index contributed by atoms with van der Waals surface area (Å²) in [7, 11) is 0. The van der Waals surface area contributed by atoms with Gasteiger partial charge >= 0.3 is 0 Å². The van der Waals surface area contributed by atoms with Crippen LogP contribution in [-0.2, 0) is 10.2 Å². The van der Waals surface area contributed by atoms with Gasteiger partial charge in [-0.1, -0.05) is 43.2 Å². The first-order valence-electron chi connectivity index (χ1n) is 7.25. The smallest absolute Gasteiger partial charge is 0.230 e. The number of benzene rings is 1. The zero-order chi connectivity index (χ0) is 13.3. The fraction of sp³-hybridized carbons (Fsp3) is 0.562.